The van der Waals surface area contributed by atoms with Gasteiger partial charge in [0.05, 0.1) is 6.10 Å². The summed E-state index contributed by atoms with van der Waals surface area (Å²) in [5, 5.41) is 0. The summed E-state index contributed by atoms with van der Waals surface area (Å²) in [5.41, 5.74) is 5.02. The molecule has 5 nitrogen and oxygen atoms in total. The van der Waals surface area contributed by atoms with Gasteiger partial charge in [0.1, 0.15) is 5.60 Å². The van der Waals surface area contributed by atoms with Crippen LogP contribution in [0.15, 0.2) is 0 Å². The van der Waals surface area contributed by atoms with Gasteiger partial charge in [-0.1, -0.05) is 0 Å². The van der Waals surface area contributed by atoms with Crippen LogP contribution in [0.1, 0.15) is 46.5 Å². The van der Waals surface area contributed by atoms with Gasteiger partial charge in [0.15, 0.2) is 0 Å². The van der Waals surface area contributed by atoms with E-state index in [-0.39, 0.29) is 12.2 Å². The van der Waals surface area contributed by atoms with Gasteiger partial charge in [-0.05, 0) is 53.0 Å². The highest BCUT2D eigenvalue weighted by Gasteiger charge is 2.25. The second-order valence-corrected chi connectivity index (χ2v) is 6.03. The lowest BCUT2D eigenvalue weighted by Gasteiger charge is -2.26. The van der Waals surface area contributed by atoms with Crippen LogP contribution in [0, 0.1) is 0 Å². The summed E-state index contributed by atoms with van der Waals surface area (Å²) in [6, 6.07) is 0. The first-order valence-corrected chi connectivity index (χ1v) is 7.22. The van der Waals surface area contributed by atoms with E-state index in [1.54, 1.807) is 4.90 Å². The zero-order chi connectivity index (χ0) is 14.3. The van der Waals surface area contributed by atoms with Crippen molar-refractivity contribution in [1.82, 2.24) is 4.90 Å². The lowest BCUT2D eigenvalue weighted by Crippen LogP contribution is -2.37. The van der Waals surface area contributed by atoms with E-state index in [2.05, 4.69) is 0 Å². The number of ether oxygens (including phenoxy) is 2. The lowest BCUT2D eigenvalue weighted by atomic mass is 10.1. The summed E-state index contributed by atoms with van der Waals surface area (Å²) >= 11 is 0. The van der Waals surface area contributed by atoms with Crippen molar-refractivity contribution in [3.63, 3.8) is 0 Å². The molecule has 0 aliphatic carbocycles. The van der Waals surface area contributed by atoms with Crippen LogP contribution < -0.4 is 5.73 Å². The standard InChI is InChI=1S/C14H28N2O3/c1-14(2,3)19-13(17)16-9-4-6-12(7-10-16)18-11-5-8-15/h12H,4-11,15H2,1-3H3. The molecule has 1 saturated heterocycles. The van der Waals surface area contributed by atoms with Crippen LogP contribution in [0.4, 0.5) is 4.79 Å². The van der Waals surface area contributed by atoms with Gasteiger partial charge in [0.2, 0.25) is 0 Å². The van der Waals surface area contributed by atoms with Crippen LogP contribution >= 0.6 is 0 Å². The third-order valence-electron chi connectivity index (χ3n) is 3.03. The van der Waals surface area contributed by atoms with E-state index in [0.717, 1.165) is 32.2 Å². The molecule has 1 aliphatic heterocycles. The molecule has 1 fully saturated rings. The molecule has 1 aliphatic rings. The molecule has 0 radical (unpaired) electrons. The normalized spacial score (nSPS) is 21.1. The Labute approximate surface area is 116 Å². The van der Waals surface area contributed by atoms with E-state index in [1.165, 1.54) is 0 Å². The first kappa shape index (κ1) is 16.2. The molecule has 0 aromatic rings. The van der Waals surface area contributed by atoms with Gasteiger partial charge in [-0.3, -0.25) is 0 Å². The Morgan fingerprint density at radius 1 is 1.32 bits per heavy atom. The van der Waals surface area contributed by atoms with E-state index < -0.39 is 5.60 Å². The highest BCUT2D eigenvalue weighted by atomic mass is 16.6. The molecule has 1 amide bonds. The van der Waals surface area contributed by atoms with Crippen LogP contribution in [-0.2, 0) is 9.47 Å². The van der Waals surface area contributed by atoms with Crippen LogP contribution in [0.3, 0.4) is 0 Å². The molecule has 2 N–H and O–H groups in total. The molecular formula is C14H28N2O3. The number of hydrogen-bond acceptors (Lipinski definition) is 4. The Bertz CT molecular complexity index is 276. The van der Waals surface area contributed by atoms with Crippen LogP contribution in [0.2, 0.25) is 0 Å². The Kier molecular flexibility index (Phi) is 6.58. The number of likely N-dealkylation sites (tertiary alicyclic amines) is 1. The largest absolute Gasteiger partial charge is 0.444 e. The Balaban J connectivity index is 2.34. The summed E-state index contributed by atoms with van der Waals surface area (Å²) in [6.07, 6.45) is 3.78. The quantitative estimate of drug-likeness (QED) is 0.796. The van der Waals surface area contributed by atoms with Crippen LogP contribution in [-0.4, -0.2) is 48.9 Å². The van der Waals surface area contributed by atoms with E-state index in [4.69, 9.17) is 15.2 Å². The molecule has 1 atom stereocenters. The van der Waals surface area contributed by atoms with Crippen LogP contribution in [0.25, 0.3) is 0 Å². The van der Waals surface area contributed by atoms with Gasteiger partial charge >= 0.3 is 6.09 Å². The third-order valence-corrected chi connectivity index (χ3v) is 3.03. The molecule has 1 heterocycles. The van der Waals surface area contributed by atoms with Crippen molar-refractivity contribution in [3.05, 3.63) is 0 Å². The van der Waals surface area contributed by atoms with Gasteiger partial charge in [-0.2, -0.15) is 0 Å². The first-order chi connectivity index (χ1) is 8.92. The summed E-state index contributed by atoms with van der Waals surface area (Å²) in [6.45, 7) is 8.52. The minimum Gasteiger partial charge on any atom is -0.444 e. The number of nitrogens with two attached hydrogens (primary N) is 1. The van der Waals surface area contributed by atoms with E-state index >= 15 is 0 Å². The second-order valence-electron chi connectivity index (χ2n) is 6.03. The Hall–Kier alpha value is -0.810. The number of hydrogen-bond donors (Lipinski definition) is 1. The molecule has 1 rings (SSSR count). The Morgan fingerprint density at radius 3 is 2.68 bits per heavy atom. The van der Waals surface area contributed by atoms with E-state index in [1.807, 2.05) is 20.8 Å². The average Bonchev–Trinajstić information content (AvgIpc) is 2.53. The smallest absolute Gasteiger partial charge is 0.410 e. The van der Waals surface area contributed by atoms with E-state index in [9.17, 15) is 4.79 Å². The number of nitrogens with zero attached hydrogens (tertiary/aromatic N) is 1. The minimum atomic E-state index is -0.430. The van der Waals surface area contributed by atoms with Crippen molar-refractivity contribution in [2.75, 3.05) is 26.2 Å². The summed E-state index contributed by atoms with van der Waals surface area (Å²) in [4.78, 5) is 13.8. The minimum absolute atomic E-state index is 0.213. The molecule has 0 spiro atoms. The fourth-order valence-corrected chi connectivity index (χ4v) is 2.07. The molecule has 19 heavy (non-hydrogen) atoms. The zero-order valence-electron chi connectivity index (χ0n) is 12.5. The fourth-order valence-electron chi connectivity index (χ4n) is 2.07. The molecular weight excluding hydrogens is 244 g/mol. The molecule has 0 aromatic carbocycles. The summed E-state index contributed by atoms with van der Waals surface area (Å²) < 4.78 is 11.2. The number of carbonyl (C=O) groups is 1. The summed E-state index contributed by atoms with van der Waals surface area (Å²) in [7, 11) is 0. The lowest BCUT2D eigenvalue weighted by molar-refractivity contribution is 0.0220. The van der Waals surface area contributed by atoms with Gasteiger partial charge in [-0.15, -0.1) is 0 Å². The fraction of sp³-hybridized carbons (Fsp3) is 0.929. The van der Waals surface area contributed by atoms with Gasteiger partial charge in [0.25, 0.3) is 0 Å². The van der Waals surface area contributed by atoms with Crippen molar-refractivity contribution in [3.8, 4) is 0 Å². The zero-order valence-corrected chi connectivity index (χ0v) is 12.5. The van der Waals surface area contributed by atoms with Crippen molar-refractivity contribution in [1.29, 1.82) is 0 Å². The second kappa shape index (κ2) is 7.70. The highest BCUT2D eigenvalue weighted by molar-refractivity contribution is 5.68. The molecule has 5 heteroatoms. The van der Waals surface area contributed by atoms with Gasteiger partial charge in [0, 0.05) is 19.7 Å². The predicted octanol–water partition coefficient (Wildman–Crippen LogP) is 2.14. The molecule has 1 unspecified atom stereocenters. The maximum absolute atomic E-state index is 12.0. The number of amides is 1. The van der Waals surface area contributed by atoms with Crippen molar-refractivity contribution >= 4 is 6.09 Å². The first-order valence-electron chi connectivity index (χ1n) is 7.22. The number of carbonyl (C=O) groups excluding carboxylic acids is 1. The molecule has 0 aromatic heterocycles. The van der Waals surface area contributed by atoms with Crippen molar-refractivity contribution < 1.29 is 14.3 Å². The van der Waals surface area contributed by atoms with Gasteiger partial charge < -0.3 is 20.1 Å². The maximum atomic E-state index is 12.0. The van der Waals surface area contributed by atoms with Crippen LogP contribution in [0.5, 0.6) is 0 Å². The van der Waals surface area contributed by atoms with E-state index in [0.29, 0.717) is 19.7 Å². The molecule has 0 bridgehead atoms. The predicted molar refractivity (Wildman–Crippen MR) is 75.1 cm³/mol. The monoisotopic (exact) mass is 272 g/mol. The highest BCUT2D eigenvalue weighted by Crippen LogP contribution is 2.17. The topological polar surface area (TPSA) is 64.8 Å². The average molecular weight is 272 g/mol. The summed E-state index contributed by atoms with van der Waals surface area (Å²) in [5.74, 6) is 0. The van der Waals surface area contributed by atoms with Crippen molar-refractivity contribution in [2.45, 2.75) is 58.2 Å². The van der Waals surface area contributed by atoms with Crippen molar-refractivity contribution in [2.24, 2.45) is 5.73 Å². The number of rotatable bonds is 4. The maximum Gasteiger partial charge on any atom is 0.410 e. The SMILES string of the molecule is CC(C)(C)OC(=O)N1CCCC(OCCCN)CC1. The molecule has 0 saturated carbocycles. The third kappa shape index (κ3) is 6.78. The van der Waals surface area contributed by atoms with Gasteiger partial charge in [-0.25, -0.2) is 4.79 Å². The molecule has 112 valence electrons. The Morgan fingerprint density at radius 2 is 2.05 bits per heavy atom.